The summed E-state index contributed by atoms with van der Waals surface area (Å²) in [7, 11) is 0. The van der Waals surface area contributed by atoms with Crippen LogP contribution in [-0.2, 0) is 4.79 Å². The van der Waals surface area contributed by atoms with Crippen LogP contribution >= 0.6 is 11.6 Å². The third-order valence-electron chi connectivity index (χ3n) is 0.564. The van der Waals surface area contributed by atoms with E-state index in [1.165, 1.54) is 6.07 Å². The van der Waals surface area contributed by atoms with Gasteiger partial charge >= 0.3 is 5.97 Å². The van der Waals surface area contributed by atoms with E-state index in [4.69, 9.17) is 27.7 Å². The molecule has 0 aromatic carbocycles. The molecule has 0 fully saturated rings. The van der Waals surface area contributed by atoms with Crippen molar-refractivity contribution in [2.75, 3.05) is 0 Å². The average Bonchev–Trinajstić information content (AvgIpc) is 1.64. The van der Waals surface area contributed by atoms with E-state index in [1.807, 2.05) is 0 Å². The number of nitriles is 1. The maximum Gasteiger partial charge on any atom is 0.349 e. The zero-order valence-corrected chi connectivity index (χ0v) is 5.01. The summed E-state index contributed by atoms with van der Waals surface area (Å²) in [6, 6.07) is 1.32. The normalized spacial score (nSPS) is 11.6. The van der Waals surface area contributed by atoms with Gasteiger partial charge in [0.1, 0.15) is 11.2 Å². The first-order valence-electron chi connectivity index (χ1n) is 1.88. The predicted molar refractivity (Wildman–Crippen MR) is 30.3 cm³/mol. The minimum atomic E-state index is -1.41. The molecule has 0 aliphatic rings. The molecule has 0 atom stereocenters. The van der Waals surface area contributed by atoms with Crippen LogP contribution < -0.4 is 5.73 Å². The summed E-state index contributed by atoms with van der Waals surface area (Å²) in [5.41, 5.74) is 4.16. The monoisotopic (exact) mass is 146 g/mol. The first-order chi connectivity index (χ1) is 4.09. The Morgan fingerprint density at radius 2 is 2.22 bits per heavy atom. The first-order valence-corrected chi connectivity index (χ1v) is 2.26. The fraction of sp³-hybridized carbons (Fsp3) is 0. The average molecular weight is 147 g/mol. The molecule has 4 nitrogen and oxygen atoms in total. The minimum absolute atomic E-state index is 0.495. The molecule has 0 spiro atoms. The number of halogens is 1. The molecule has 0 aromatic rings. The highest BCUT2D eigenvalue weighted by atomic mass is 35.5. The molecular weight excluding hydrogens is 144 g/mol. The molecule has 0 amide bonds. The maximum atomic E-state index is 9.93. The van der Waals surface area contributed by atoms with Gasteiger partial charge in [0.15, 0.2) is 5.57 Å². The number of carboxylic acid groups (broad SMARTS) is 1. The van der Waals surface area contributed by atoms with Crippen molar-refractivity contribution in [2.24, 2.45) is 5.73 Å². The molecule has 0 saturated heterocycles. The van der Waals surface area contributed by atoms with Crippen LogP contribution in [0.1, 0.15) is 0 Å². The van der Waals surface area contributed by atoms with Gasteiger partial charge in [-0.15, -0.1) is 0 Å². The highest BCUT2D eigenvalue weighted by Crippen LogP contribution is 2.00. The Morgan fingerprint density at radius 3 is 2.22 bits per heavy atom. The topological polar surface area (TPSA) is 87.1 Å². The van der Waals surface area contributed by atoms with E-state index in [2.05, 4.69) is 0 Å². The molecule has 9 heavy (non-hydrogen) atoms. The quantitative estimate of drug-likeness (QED) is 0.310. The molecule has 48 valence electrons. The van der Waals surface area contributed by atoms with Gasteiger partial charge in [0, 0.05) is 0 Å². The number of rotatable bonds is 1. The lowest BCUT2D eigenvalue weighted by atomic mass is 10.3. The summed E-state index contributed by atoms with van der Waals surface area (Å²) in [5.74, 6) is -1.41. The SMILES string of the molecule is N#CC(C(=O)O)=C(N)Cl. The second kappa shape index (κ2) is 2.95. The number of carboxylic acids is 1. The van der Waals surface area contributed by atoms with Gasteiger partial charge in [-0.3, -0.25) is 0 Å². The first kappa shape index (κ1) is 7.79. The Morgan fingerprint density at radius 1 is 1.78 bits per heavy atom. The summed E-state index contributed by atoms with van der Waals surface area (Å²) < 4.78 is 0. The largest absolute Gasteiger partial charge is 0.477 e. The van der Waals surface area contributed by atoms with Crippen LogP contribution in [-0.4, -0.2) is 11.1 Å². The summed E-state index contributed by atoms with van der Waals surface area (Å²) >= 11 is 4.99. The smallest absolute Gasteiger partial charge is 0.349 e. The second-order valence-corrected chi connectivity index (χ2v) is 1.55. The molecule has 5 heteroatoms. The van der Waals surface area contributed by atoms with Gasteiger partial charge in [0.25, 0.3) is 0 Å². The van der Waals surface area contributed by atoms with Crippen molar-refractivity contribution in [3.63, 3.8) is 0 Å². The maximum absolute atomic E-state index is 9.93. The van der Waals surface area contributed by atoms with Crippen molar-refractivity contribution in [1.82, 2.24) is 0 Å². The van der Waals surface area contributed by atoms with Crippen LogP contribution in [0.2, 0.25) is 0 Å². The highest BCUT2D eigenvalue weighted by molar-refractivity contribution is 6.31. The number of hydrogen-bond acceptors (Lipinski definition) is 3. The molecule has 0 rings (SSSR count). The molecular formula is C4H3ClN2O2. The Labute approximate surface area is 56.1 Å². The van der Waals surface area contributed by atoms with E-state index in [1.54, 1.807) is 0 Å². The zero-order chi connectivity index (χ0) is 7.44. The lowest BCUT2D eigenvalue weighted by Crippen LogP contribution is -2.04. The summed E-state index contributed by atoms with van der Waals surface area (Å²) in [5, 5.41) is 15.6. The van der Waals surface area contributed by atoms with Crippen LogP contribution in [0, 0.1) is 11.3 Å². The molecule has 3 N–H and O–H groups in total. The number of nitrogens with zero attached hydrogens (tertiary/aromatic N) is 1. The predicted octanol–water partition coefficient (Wildman–Crippen LogP) is 0.00368. The minimum Gasteiger partial charge on any atom is -0.477 e. The molecule has 0 radical (unpaired) electrons. The number of carbonyl (C=O) groups is 1. The fourth-order valence-corrected chi connectivity index (χ4v) is 0.326. The van der Waals surface area contributed by atoms with Crippen molar-refractivity contribution in [2.45, 2.75) is 0 Å². The third kappa shape index (κ3) is 2.02. The zero-order valence-electron chi connectivity index (χ0n) is 4.26. The summed E-state index contributed by atoms with van der Waals surface area (Å²) in [4.78, 5) is 9.93. The van der Waals surface area contributed by atoms with E-state index in [9.17, 15) is 4.79 Å². The molecule has 0 aliphatic carbocycles. The van der Waals surface area contributed by atoms with Crippen molar-refractivity contribution in [1.29, 1.82) is 5.26 Å². The fourth-order valence-electron chi connectivity index (χ4n) is 0.203. The standard InChI is InChI=1S/C4H3ClN2O2/c5-3(7)2(1-6)4(8)9/h7H2,(H,8,9). The highest BCUT2D eigenvalue weighted by Gasteiger charge is 2.08. The lowest BCUT2D eigenvalue weighted by molar-refractivity contribution is -0.132. The Kier molecular flexibility index (Phi) is 2.55. The van der Waals surface area contributed by atoms with Crippen LogP contribution in [0.15, 0.2) is 10.7 Å². The van der Waals surface area contributed by atoms with E-state index in [-0.39, 0.29) is 0 Å². The van der Waals surface area contributed by atoms with Crippen molar-refractivity contribution < 1.29 is 9.90 Å². The van der Waals surface area contributed by atoms with Crippen LogP contribution in [0.4, 0.5) is 0 Å². The van der Waals surface area contributed by atoms with Crippen LogP contribution in [0.25, 0.3) is 0 Å². The van der Waals surface area contributed by atoms with Crippen molar-refractivity contribution in [3.05, 3.63) is 10.7 Å². The van der Waals surface area contributed by atoms with E-state index < -0.39 is 16.7 Å². The van der Waals surface area contributed by atoms with E-state index >= 15 is 0 Å². The van der Waals surface area contributed by atoms with Gasteiger partial charge in [-0.2, -0.15) is 5.26 Å². The summed E-state index contributed by atoms with van der Waals surface area (Å²) in [6.07, 6.45) is 0. The molecule has 0 aliphatic heterocycles. The second-order valence-electron chi connectivity index (χ2n) is 1.14. The number of aliphatic carboxylic acids is 1. The van der Waals surface area contributed by atoms with E-state index in [0.717, 1.165) is 0 Å². The lowest BCUT2D eigenvalue weighted by Gasteiger charge is -1.87. The van der Waals surface area contributed by atoms with Crippen LogP contribution in [0.5, 0.6) is 0 Å². The van der Waals surface area contributed by atoms with Crippen molar-refractivity contribution in [3.8, 4) is 6.07 Å². The number of hydrogen-bond donors (Lipinski definition) is 2. The van der Waals surface area contributed by atoms with Gasteiger partial charge in [-0.1, -0.05) is 11.6 Å². The number of nitrogens with two attached hydrogens (primary N) is 1. The van der Waals surface area contributed by atoms with E-state index in [0.29, 0.717) is 0 Å². The van der Waals surface area contributed by atoms with Gasteiger partial charge in [-0.05, 0) is 0 Å². The Bertz CT molecular complexity index is 199. The van der Waals surface area contributed by atoms with Gasteiger partial charge in [0.2, 0.25) is 0 Å². The van der Waals surface area contributed by atoms with Crippen molar-refractivity contribution >= 4 is 17.6 Å². The summed E-state index contributed by atoms with van der Waals surface area (Å²) in [6.45, 7) is 0. The Hall–Kier alpha value is -1.21. The van der Waals surface area contributed by atoms with Gasteiger partial charge in [-0.25, -0.2) is 4.79 Å². The molecule has 0 saturated carbocycles. The molecule has 0 unspecified atom stereocenters. The molecule has 0 bridgehead atoms. The van der Waals surface area contributed by atoms with Gasteiger partial charge in [0.05, 0.1) is 0 Å². The van der Waals surface area contributed by atoms with Gasteiger partial charge < -0.3 is 10.8 Å². The molecule has 0 heterocycles. The van der Waals surface area contributed by atoms with Crippen LogP contribution in [0.3, 0.4) is 0 Å². The Balaban J connectivity index is 4.62. The molecule has 0 aromatic heterocycles. The third-order valence-corrected chi connectivity index (χ3v) is 0.753.